The Morgan fingerprint density at radius 1 is 0.295 bits per heavy atom. The Hall–Kier alpha value is -4.88. The predicted octanol–water partition coefficient (Wildman–Crippen LogP) is 6.14. The highest BCUT2D eigenvalue weighted by molar-refractivity contribution is 7.92. The van der Waals surface area contributed by atoms with E-state index in [2.05, 4.69) is 0 Å². The first kappa shape index (κ1) is 30.6. The molecule has 0 aliphatic heterocycles. The Labute approximate surface area is 259 Å². The summed E-state index contributed by atoms with van der Waals surface area (Å²) in [5.74, 6) is 0. The van der Waals surface area contributed by atoms with Crippen molar-refractivity contribution in [2.75, 3.05) is 0 Å². The number of carbonyl (C=O) groups is 2. The normalized spacial score (nSPS) is 10.9. The highest BCUT2D eigenvalue weighted by Gasteiger charge is 2.50. The van der Waals surface area contributed by atoms with Crippen molar-refractivity contribution >= 4 is 59.8 Å². The maximum absolute atomic E-state index is 11.3. The SMILES string of the molecule is O=CO[P+](c1ccccc1)(c1ccccc1)c1ccccc1.O=CO[P+](c1ccccc1)(c1ccccc1)c1ccccc1. The van der Waals surface area contributed by atoms with Crippen LogP contribution in [-0.4, -0.2) is 12.9 Å². The van der Waals surface area contributed by atoms with Gasteiger partial charge in [0.05, 0.1) is 0 Å². The summed E-state index contributed by atoms with van der Waals surface area (Å²) >= 11 is 0. The molecule has 0 bridgehead atoms. The van der Waals surface area contributed by atoms with Crippen molar-refractivity contribution in [3.8, 4) is 0 Å². The molecule has 0 radical (unpaired) electrons. The largest absolute Gasteiger partial charge is 0.340 e. The quantitative estimate of drug-likeness (QED) is 0.138. The molecule has 6 rings (SSSR count). The number of rotatable bonds is 10. The van der Waals surface area contributed by atoms with Gasteiger partial charge in [-0.25, -0.2) is 0 Å². The summed E-state index contributed by atoms with van der Waals surface area (Å²) in [7, 11) is -4.84. The van der Waals surface area contributed by atoms with Crippen molar-refractivity contribution in [3.05, 3.63) is 182 Å². The van der Waals surface area contributed by atoms with Crippen molar-refractivity contribution in [2.24, 2.45) is 0 Å². The van der Waals surface area contributed by atoms with E-state index < -0.39 is 15.0 Å². The second-order valence-corrected chi connectivity index (χ2v) is 15.6. The van der Waals surface area contributed by atoms with E-state index >= 15 is 0 Å². The fraction of sp³-hybridized carbons (Fsp3) is 0. The van der Waals surface area contributed by atoms with Gasteiger partial charge in [-0.15, -0.1) is 0 Å². The van der Waals surface area contributed by atoms with Crippen LogP contribution in [0.15, 0.2) is 182 Å². The molecule has 0 atom stereocenters. The smallest absolute Gasteiger partial charge is 0.300 e. The Morgan fingerprint density at radius 3 is 0.591 bits per heavy atom. The van der Waals surface area contributed by atoms with Gasteiger partial charge in [-0.1, -0.05) is 109 Å². The summed E-state index contributed by atoms with van der Waals surface area (Å²) in [5, 5.41) is 6.16. The molecular formula is C38H32O4P2+2. The first-order chi connectivity index (χ1) is 21.8. The topological polar surface area (TPSA) is 52.6 Å². The van der Waals surface area contributed by atoms with E-state index in [4.69, 9.17) is 9.05 Å². The van der Waals surface area contributed by atoms with Gasteiger partial charge in [0, 0.05) is 0 Å². The first-order valence-corrected chi connectivity index (χ1v) is 17.5. The zero-order valence-corrected chi connectivity index (χ0v) is 25.8. The maximum atomic E-state index is 11.3. The lowest BCUT2D eigenvalue weighted by Crippen LogP contribution is -2.32. The molecule has 216 valence electrons. The molecule has 6 aromatic rings. The predicted molar refractivity (Wildman–Crippen MR) is 185 cm³/mol. The van der Waals surface area contributed by atoms with Gasteiger partial charge in [-0.3, -0.25) is 9.59 Å². The lowest BCUT2D eigenvalue weighted by Gasteiger charge is -2.23. The van der Waals surface area contributed by atoms with E-state index in [0.29, 0.717) is 12.9 Å². The van der Waals surface area contributed by atoms with E-state index in [9.17, 15) is 9.59 Å². The standard InChI is InChI=1S/2C19H16O2P/c2*20-16-21-22(17-10-4-1-5-11-17,18-12-6-2-7-13-18)19-14-8-3-9-15-19/h2*1-16H/q2*+1. The second-order valence-electron chi connectivity index (χ2n) is 9.64. The molecule has 6 heteroatoms. The van der Waals surface area contributed by atoms with Gasteiger partial charge in [-0.05, 0) is 72.8 Å². The molecule has 0 unspecified atom stereocenters. The van der Waals surface area contributed by atoms with Crippen LogP contribution in [0.5, 0.6) is 0 Å². The van der Waals surface area contributed by atoms with Gasteiger partial charge >= 0.3 is 12.9 Å². The Balaban J connectivity index is 0.000000175. The van der Waals surface area contributed by atoms with Crippen molar-refractivity contribution in [2.45, 2.75) is 0 Å². The van der Waals surface area contributed by atoms with Gasteiger partial charge < -0.3 is 9.05 Å². The Morgan fingerprint density at radius 2 is 0.455 bits per heavy atom. The van der Waals surface area contributed by atoms with Crippen LogP contribution in [0.25, 0.3) is 0 Å². The first-order valence-electron chi connectivity index (χ1n) is 14.1. The summed E-state index contributed by atoms with van der Waals surface area (Å²) in [4.78, 5) is 22.7. The van der Waals surface area contributed by atoms with Crippen LogP contribution in [0.3, 0.4) is 0 Å². The molecule has 0 N–H and O–H groups in total. The molecule has 4 nitrogen and oxygen atoms in total. The molecule has 6 aromatic carbocycles. The maximum Gasteiger partial charge on any atom is 0.340 e. The molecule has 0 saturated heterocycles. The minimum absolute atomic E-state index is 0.570. The van der Waals surface area contributed by atoms with Crippen LogP contribution in [-0.2, 0) is 18.6 Å². The van der Waals surface area contributed by atoms with Gasteiger partial charge in [0.25, 0.3) is 15.0 Å². The van der Waals surface area contributed by atoms with Crippen LogP contribution < -0.4 is 31.8 Å². The molecule has 0 aromatic heterocycles. The van der Waals surface area contributed by atoms with Crippen LogP contribution >= 0.6 is 15.0 Å². The van der Waals surface area contributed by atoms with Crippen molar-refractivity contribution in [1.82, 2.24) is 0 Å². The molecule has 0 aliphatic carbocycles. The molecule has 0 saturated carbocycles. The molecule has 0 amide bonds. The fourth-order valence-electron chi connectivity index (χ4n) is 5.22. The van der Waals surface area contributed by atoms with Gasteiger partial charge in [-0.2, -0.15) is 0 Å². The van der Waals surface area contributed by atoms with Gasteiger partial charge in [0.2, 0.25) is 0 Å². The molecule has 44 heavy (non-hydrogen) atoms. The van der Waals surface area contributed by atoms with E-state index in [1.807, 2.05) is 182 Å². The average Bonchev–Trinajstić information content (AvgIpc) is 3.12. The molecule has 0 spiro atoms. The van der Waals surface area contributed by atoms with Crippen molar-refractivity contribution in [1.29, 1.82) is 0 Å². The monoisotopic (exact) mass is 614 g/mol. The molecule has 0 aliphatic rings. The summed E-state index contributed by atoms with van der Waals surface area (Å²) in [5.41, 5.74) is 0. The van der Waals surface area contributed by atoms with E-state index in [1.54, 1.807) is 0 Å². The average molecular weight is 615 g/mol. The van der Waals surface area contributed by atoms with Crippen molar-refractivity contribution in [3.63, 3.8) is 0 Å². The minimum atomic E-state index is -2.42. The van der Waals surface area contributed by atoms with Crippen molar-refractivity contribution < 1.29 is 18.6 Å². The summed E-state index contributed by atoms with van der Waals surface area (Å²) in [6.45, 7) is 1.14. The van der Waals surface area contributed by atoms with E-state index in [-0.39, 0.29) is 0 Å². The fourth-order valence-corrected chi connectivity index (χ4v) is 11.5. The number of benzene rings is 6. The summed E-state index contributed by atoms with van der Waals surface area (Å²) in [6, 6.07) is 59.8. The highest BCUT2D eigenvalue weighted by atomic mass is 31.2. The lowest BCUT2D eigenvalue weighted by molar-refractivity contribution is -0.121. The third-order valence-corrected chi connectivity index (χ3v) is 14.1. The summed E-state index contributed by atoms with van der Waals surface area (Å²) in [6.07, 6.45) is 0. The number of hydrogen-bond acceptors (Lipinski definition) is 4. The van der Waals surface area contributed by atoms with Gasteiger partial charge in [0.1, 0.15) is 31.8 Å². The second kappa shape index (κ2) is 15.0. The minimum Gasteiger partial charge on any atom is -0.300 e. The summed E-state index contributed by atoms with van der Waals surface area (Å²) < 4.78 is 11.6. The third-order valence-electron chi connectivity index (χ3n) is 7.12. The zero-order chi connectivity index (χ0) is 30.5. The number of carbonyl (C=O) groups excluding carboxylic acids is 2. The third kappa shape index (κ3) is 6.38. The molecule has 0 heterocycles. The Kier molecular flexibility index (Phi) is 10.4. The van der Waals surface area contributed by atoms with E-state index in [0.717, 1.165) is 31.8 Å². The van der Waals surface area contributed by atoms with Gasteiger partial charge in [0.15, 0.2) is 0 Å². The van der Waals surface area contributed by atoms with Crippen LogP contribution in [0, 0.1) is 0 Å². The van der Waals surface area contributed by atoms with Crippen LogP contribution in [0.4, 0.5) is 0 Å². The Bertz CT molecular complexity index is 1390. The van der Waals surface area contributed by atoms with Crippen LogP contribution in [0.2, 0.25) is 0 Å². The van der Waals surface area contributed by atoms with Crippen LogP contribution in [0.1, 0.15) is 0 Å². The van der Waals surface area contributed by atoms with E-state index in [1.165, 1.54) is 0 Å². The lowest BCUT2D eigenvalue weighted by atomic mass is 10.4. The zero-order valence-electron chi connectivity index (χ0n) is 24.0. The molecule has 0 fully saturated rings. The number of hydrogen-bond donors (Lipinski definition) is 0. The molecular weight excluding hydrogens is 582 g/mol. The highest BCUT2D eigenvalue weighted by Crippen LogP contribution is 2.56.